The van der Waals surface area contributed by atoms with Crippen LogP contribution in [0, 0.1) is 0 Å². The summed E-state index contributed by atoms with van der Waals surface area (Å²) in [6.07, 6.45) is 3.51. The summed E-state index contributed by atoms with van der Waals surface area (Å²) in [4.78, 5) is 8.63. The van der Waals surface area contributed by atoms with Gasteiger partial charge in [0.25, 0.3) is 0 Å². The van der Waals surface area contributed by atoms with Crippen LogP contribution in [0.3, 0.4) is 0 Å². The van der Waals surface area contributed by atoms with Gasteiger partial charge in [0.15, 0.2) is 11.6 Å². The third-order valence-corrected chi connectivity index (χ3v) is 5.12. The summed E-state index contributed by atoms with van der Waals surface area (Å²) in [5.41, 5.74) is 3.52. The number of rotatable bonds is 3. The van der Waals surface area contributed by atoms with E-state index in [9.17, 15) is 0 Å². The Bertz CT molecular complexity index is 1030. The molecule has 2 aromatic heterocycles. The molecule has 4 aromatic rings. The molecule has 0 unspecified atom stereocenters. The fraction of sp³-hybridized carbons (Fsp3) is 0.190. The quantitative estimate of drug-likeness (QED) is 0.502. The first-order valence-corrected chi connectivity index (χ1v) is 9.32. The Balaban J connectivity index is 1.62. The second kappa shape index (κ2) is 6.50. The lowest BCUT2D eigenvalue weighted by atomic mass is 9.87. The average Bonchev–Trinajstić information content (AvgIpc) is 3.04. The summed E-state index contributed by atoms with van der Waals surface area (Å²) in [6.45, 7) is 6.66. The van der Waals surface area contributed by atoms with Gasteiger partial charge >= 0.3 is 0 Å². The lowest BCUT2D eigenvalue weighted by Gasteiger charge is -2.19. The highest BCUT2D eigenvalue weighted by atomic mass is 32.1. The first-order valence-electron chi connectivity index (χ1n) is 8.55. The highest BCUT2D eigenvalue weighted by Gasteiger charge is 2.13. The predicted molar refractivity (Wildman–Crippen MR) is 109 cm³/mol. The highest BCUT2D eigenvalue weighted by molar-refractivity contribution is 7.13. The van der Waals surface area contributed by atoms with Gasteiger partial charge in [0.05, 0.1) is 4.70 Å². The topological polar surface area (TPSA) is 50.7 Å². The molecule has 0 fully saturated rings. The Kier molecular flexibility index (Phi) is 4.17. The second-order valence-corrected chi connectivity index (χ2v) is 8.07. The summed E-state index contributed by atoms with van der Waals surface area (Å²) < 4.78 is 5.70. The number of hydrogen-bond acceptors (Lipinski definition) is 5. The summed E-state index contributed by atoms with van der Waals surface area (Å²) in [7, 11) is 0. The van der Waals surface area contributed by atoms with E-state index in [0.29, 0.717) is 0 Å². The molecule has 5 heteroatoms. The van der Waals surface area contributed by atoms with Crippen LogP contribution in [0.15, 0.2) is 60.9 Å². The van der Waals surface area contributed by atoms with E-state index in [1.54, 1.807) is 12.4 Å². The fourth-order valence-electron chi connectivity index (χ4n) is 2.81. The van der Waals surface area contributed by atoms with Gasteiger partial charge in [0, 0.05) is 29.0 Å². The molecule has 0 aliphatic heterocycles. The Morgan fingerprint density at radius 2 is 1.65 bits per heavy atom. The third-order valence-electron chi connectivity index (χ3n) is 4.31. The van der Waals surface area contributed by atoms with Crippen molar-refractivity contribution in [2.45, 2.75) is 26.2 Å². The van der Waals surface area contributed by atoms with Crippen LogP contribution >= 0.6 is 11.5 Å². The molecule has 0 aliphatic rings. The molecule has 4 nitrogen and oxygen atoms in total. The maximum atomic E-state index is 4.59. The lowest BCUT2D eigenvalue weighted by Crippen LogP contribution is -2.10. The van der Waals surface area contributed by atoms with E-state index >= 15 is 0 Å². The van der Waals surface area contributed by atoms with Crippen molar-refractivity contribution in [2.75, 3.05) is 5.32 Å². The van der Waals surface area contributed by atoms with Crippen LogP contribution in [0.25, 0.3) is 21.5 Å². The monoisotopic (exact) mass is 360 g/mol. The van der Waals surface area contributed by atoms with Crippen molar-refractivity contribution >= 4 is 33.1 Å². The van der Waals surface area contributed by atoms with Gasteiger partial charge < -0.3 is 5.32 Å². The molecule has 0 saturated carbocycles. The predicted octanol–water partition coefficient (Wildman–Crippen LogP) is 5.79. The van der Waals surface area contributed by atoms with Crippen LogP contribution in [0.5, 0.6) is 0 Å². The minimum Gasteiger partial charge on any atom is -0.339 e. The SMILES string of the molecule is CC(C)(C)c1ccc(Nc2nsc3cc(-c4ncccn4)ccc23)cc1. The largest absolute Gasteiger partial charge is 0.339 e. The van der Waals surface area contributed by atoms with E-state index in [4.69, 9.17) is 0 Å². The Morgan fingerprint density at radius 3 is 2.35 bits per heavy atom. The maximum absolute atomic E-state index is 4.59. The van der Waals surface area contributed by atoms with Crippen LogP contribution in [0.1, 0.15) is 26.3 Å². The molecule has 0 aliphatic carbocycles. The molecule has 4 rings (SSSR count). The molecule has 0 saturated heterocycles. The molecule has 1 N–H and O–H groups in total. The van der Waals surface area contributed by atoms with Crippen LogP contribution in [0.2, 0.25) is 0 Å². The third kappa shape index (κ3) is 3.30. The molecule has 130 valence electrons. The number of aromatic nitrogens is 3. The molecule has 0 radical (unpaired) electrons. The number of anilines is 2. The zero-order valence-corrected chi connectivity index (χ0v) is 15.8. The van der Waals surface area contributed by atoms with Gasteiger partial charge in [-0.2, -0.15) is 4.37 Å². The molecule has 0 bridgehead atoms. The molecule has 0 amide bonds. The molecular weight excluding hydrogens is 340 g/mol. The Morgan fingerprint density at radius 1 is 0.923 bits per heavy atom. The molecule has 26 heavy (non-hydrogen) atoms. The van der Waals surface area contributed by atoms with Crippen molar-refractivity contribution in [3.8, 4) is 11.4 Å². The van der Waals surface area contributed by atoms with Crippen LogP contribution < -0.4 is 5.32 Å². The van der Waals surface area contributed by atoms with Gasteiger partial charge in [-0.1, -0.05) is 39.0 Å². The van der Waals surface area contributed by atoms with E-state index in [0.717, 1.165) is 33.0 Å². The number of benzene rings is 2. The lowest BCUT2D eigenvalue weighted by molar-refractivity contribution is 0.590. The normalized spacial score (nSPS) is 11.7. The summed E-state index contributed by atoms with van der Waals surface area (Å²) in [6, 6.07) is 16.6. The van der Waals surface area contributed by atoms with Gasteiger partial charge in [-0.05, 0) is 52.8 Å². The standard InChI is InChI=1S/C21H20N4S/c1-21(2,3)15-6-8-16(9-7-15)24-20-17-10-5-14(13-18(17)26-25-20)19-22-11-4-12-23-19/h4-13H,1-3H3,(H,24,25). The molecule has 0 atom stereocenters. The minimum atomic E-state index is 0.155. The number of fused-ring (bicyclic) bond motifs is 1. The van der Waals surface area contributed by atoms with E-state index in [1.807, 2.05) is 12.1 Å². The van der Waals surface area contributed by atoms with Crippen LogP contribution in [-0.2, 0) is 5.41 Å². The van der Waals surface area contributed by atoms with E-state index in [1.165, 1.54) is 17.1 Å². The fourth-order valence-corrected chi connectivity index (χ4v) is 3.58. The van der Waals surface area contributed by atoms with Crippen molar-refractivity contribution in [1.29, 1.82) is 0 Å². The molecular formula is C21H20N4S. The van der Waals surface area contributed by atoms with Gasteiger partial charge in [-0.25, -0.2) is 9.97 Å². The van der Waals surface area contributed by atoms with Crippen molar-refractivity contribution in [2.24, 2.45) is 0 Å². The zero-order chi connectivity index (χ0) is 18.1. The Labute approximate surface area is 157 Å². The van der Waals surface area contributed by atoms with E-state index in [2.05, 4.69) is 76.8 Å². The van der Waals surface area contributed by atoms with Crippen molar-refractivity contribution in [3.05, 3.63) is 66.5 Å². The summed E-state index contributed by atoms with van der Waals surface area (Å²) >= 11 is 1.48. The molecule has 2 heterocycles. The van der Waals surface area contributed by atoms with E-state index in [-0.39, 0.29) is 5.41 Å². The van der Waals surface area contributed by atoms with Crippen LogP contribution in [-0.4, -0.2) is 14.3 Å². The van der Waals surface area contributed by atoms with E-state index < -0.39 is 0 Å². The van der Waals surface area contributed by atoms with Crippen molar-refractivity contribution in [1.82, 2.24) is 14.3 Å². The molecule has 2 aromatic carbocycles. The summed E-state index contributed by atoms with van der Waals surface area (Å²) in [5, 5.41) is 4.54. The zero-order valence-electron chi connectivity index (χ0n) is 15.0. The second-order valence-electron chi connectivity index (χ2n) is 7.27. The van der Waals surface area contributed by atoms with Gasteiger partial charge in [0.1, 0.15) is 0 Å². The van der Waals surface area contributed by atoms with Crippen molar-refractivity contribution in [3.63, 3.8) is 0 Å². The number of nitrogens with one attached hydrogen (secondary N) is 1. The maximum Gasteiger partial charge on any atom is 0.159 e. The van der Waals surface area contributed by atoms with Gasteiger partial charge in [-0.15, -0.1) is 0 Å². The highest BCUT2D eigenvalue weighted by Crippen LogP contribution is 2.32. The minimum absolute atomic E-state index is 0.155. The first kappa shape index (κ1) is 16.7. The van der Waals surface area contributed by atoms with Crippen molar-refractivity contribution < 1.29 is 0 Å². The number of hydrogen-bond donors (Lipinski definition) is 1. The molecule has 0 spiro atoms. The number of nitrogens with zero attached hydrogens (tertiary/aromatic N) is 3. The summed E-state index contributed by atoms with van der Waals surface area (Å²) in [5.74, 6) is 1.61. The van der Waals surface area contributed by atoms with Gasteiger partial charge in [-0.3, -0.25) is 0 Å². The Hall–Kier alpha value is -2.79. The van der Waals surface area contributed by atoms with Gasteiger partial charge in [0.2, 0.25) is 0 Å². The first-order chi connectivity index (χ1) is 12.5. The van der Waals surface area contributed by atoms with Crippen LogP contribution in [0.4, 0.5) is 11.5 Å². The average molecular weight is 360 g/mol. The smallest absolute Gasteiger partial charge is 0.159 e.